The third-order valence-electron chi connectivity index (χ3n) is 4.16. The highest BCUT2D eigenvalue weighted by Gasteiger charge is 2.32. The van der Waals surface area contributed by atoms with Gasteiger partial charge in [0.15, 0.2) is 0 Å². The van der Waals surface area contributed by atoms with Crippen molar-refractivity contribution in [3.05, 3.63) is 0 Å². The summed E-state index contributed by atoms with van der Waals surface area (Å²) in [5, 5.41) is 26.5. The molecule has 0 aliphatic rings. The summed E-state index contributed by atoms with van der Waals surface area (Å²) in [4.78, 5) is 48.7. The maximum absolute atomic E-state index is 12.7. The molecule has 174 valence electrons. The number of hydrogen-bond donors (Lipinski definition) is 7. The van der Waals surface area contributed by atoms with E-state index in [1.807, 2.05) is 20.1 Å². The van der Waals surface area contributed by atoms with Gasteiger partial charge in [0.25, 0.3) is 0 Å². The van der Waals surface area contributed by atoms with Crippen LogP contribution in [0.25, 0.3) is 0 Å². The minimum Gasteiger partial charge on any atom is -0.480 e. The molecule has 10 nitrogen and oxygen atoms in total. The fourth-order valence-corrected chi connectivity index (χ4v) is 3.12. The average molecular weight is 467 g/mol. The molecule has 0 aromatic heterocycles. The molecule has 0 fully saturated rings. The number of nitrogens with two attached hydrogens (primary N) is 1. The first-order valence-corrected chi connectivity index (χ1v) is 11.6. The summed E-state index contributed by atoms with van der Waals surface area (Å²) in [6, 6.07) is -4.43. The number of aliphatic carboxylic acids is 1. The van der Waals surface area contributed by atoms with Crippen LogP contribution in [0.3, 0.4) is 0 Å². The number of amides is 3. The standard InChI is InChI=1S/C18H34N4O6S2/c1-9(2)7-13(21-15(24)11(19)8-29)16(25)22-14(10(3)23)17(26)20-12(18(27)28)5-6-30-4/h9-14,23,29H,5-8,19H2,1-4H3,(H,20,26)(H,21,24)(H,22,25)(H,27,28). The fourth-order valence-electron chi connectivity index (χ4n) is 2.48. The Morgan fingerprint density at radius 1 is 1.00 bits per heavy atom. The van der Waals surface area contributed by atoms with Crippen LogP contribution in [0.4, 0.5) is 0 Å². The number of carboxylic acids is 1. The van der Waals surface area contributed by atoms with Gasteiger partial charge in [0.2, 0.25) is 17.7 Å². The number of thiol groups is 1. The quantitative estimate of drug-likeness (QED) is 0.159. The third kappa shape index (κ3) is 10.5. The van der Waals surface area contributed by atoms with Crippen LogP contribution in [-0.2, 0) is 19.2 Å². The van der Waals surface area contributed by atoms with Crippen LogP contribution in [0.2, 0.25) is 0 Å². The molecular formula is C18H34N4O6S2. The molecule has 3 amide bonds. The van der Waals surface area contributed by atoms with Crippen molar-refractivity contribution in [1.29, 1.82) is 0 Å². The number of carbonyl (C=O) groups is 4. The molecule has 0 radical (unpaired) electrons. The summed E-state index contributed by atoms with van der Waals surface area (Å²) >= 11 is 5.39. The summed E-state index contributed by atoms with van der Waals surface area (Å²) < 4.78 is 0. The summed E-state index contributed by atoms with van der Waals surface area (Å²) in [7, 11) is 0. The zero-order valence-corrected chi connectivity index (χ0v) is 19.5. The van der Waals surface area contributed by atoms with E-state index in [9.17, 15) is 29.4 Å². The van der Waals surface area contributed by atoms with Gasteiger partial charge in [-0.15, -0.1) is 0 Å². The van der Waals surface area contributed by atoms with E-state index >= 15 is 0 Å². The molecule has 0 aromatic carbocycles. The van der Waals surface area contributed by atoms with Gasteiger partial charge in [-0.3, -0.25) is 14.4 Å². The van der Waals surface area contributed by atoms with Crippen LogP contribution in [0, 0.1) is 5.92 Å². The first-order valence-electron chi connectivity index (χ1n) is 9.61. The van der Waals surface area contributed by atoms with Crippen LogP contribution in [0.15, 0.2) is 0 Å². The number of rotatable bonds is 14. The Morgan fingerprint density at radius 2 is 1.57 bits per heavy atom. The van der Waals surface area contributed by atoms with Gasteiger partial charge < -0.3 is 31.9 Å². The van der Waals surface area contributed by atoms with Crippen LogP contribution in [0.5, 0.6) is 0 Å². The molecule has 5 unspecified atom stereocenters. The lowest BCUT2D eigenvalue weighted by atomic mass is 10.0. The summed E-state index contributed by atoms with van der Waals surface area (Å²) in [6.45, 7) is 5.01. The molecule has 12 heteroatoms. The minimum absolute atomic E-state index is 0.0371. The second-order valence-corrected chi connectivity index (χ2v) is 8.74. The number of nitrogens with one attached hydrogen (secondary N) is 3. The number of hydrogen-bond acceptors (Lipinski definition) is 8. The Morgan fingerprint density at radius 3 is 2.00 bits per heavy atom. The number of thioether (sulfide) groups is 1. The van der Waals surface area contributed by atoms with Crippen molar-refractivity contribution in [2.24, 2.45) is 11.7 Å². The van der Waals surface area contributed by atoms with Gasteiger partial charge in [-0.25, -0.2) is 4.79 Å². The maximum Gasteiger partial charge on any atom is 0.326 e. The molecule has 0 saturated heterocycles. The lowest BCUT2D eigenvalue weighted by Gasteiger charge is -2.27. The van der Waals surface area contributed by atoms with Gasteiger partial charge in [0.1, 0.15) is 18.1 Å². The van der Waals surface area contributed by atoms with Crippen LogP contribution in [-0.4, -0.2) is 81.9 Å². The molecule has 5 atom stereocenters. The van der Waals surface area contributed by atoms with E-state index in [4.69, 9.17) is 5.73 Å². The van der Waals surface area contributed by atoms with Crippen molar-refractivity contribution in [1.82, 2.24) is 16.0 Å². The Bertz CT molecular complexity index is 591. The van der Waals surface area contributed by atoms with Gasteiger partial charge in [-0.2, -0.15) is 24.4 Å². The second-order valence-electron chi connectivity index (χ2n) is 7.39. The van der Waals surface area contributed by atoms with Crippen LogP contribution >= 0.6 is 24.4 Å². The van der Waals surface area contributed by atoms with Crippen LogP contribution < -0.4 is 21.7 Å². The largest absolute Gasteiger partial charge is 0.480 e. The molecular weight excluding hydrogens is 432 g/mol. The van der Waals surface area contributed by atoms with Gasteiger partial charge >= 0.3 is 5.97 Å². The van der Waals surface area contributed by atoms with Crippen molar-refractivity contribution in [3.8, 4) is 0 Å². The molecule has 0 saturated carbocycles. The smallest absolute Gasteiger partial charge is 0.326 e. The zero-order chi connectivity index (χ0) is 23.4. The van der Waals surface area contributed by atoms with Crippen molar-refractivity contribution in [2.75, 3.05) is 17.8 Å². The van der Waals surface area contributed by atoms with Crippen molar-refractivity contribution < 1.29 is 29.4 Å². The fraction of sp³-hybridized carbons (Fsp3) is 0.778. The molecule has 30 heavy (non-hydrogen) atoms. The first-order chi connectivity index (χ1) is 13.9. The summed E-state index contributed by atoms with van der Waals surface area (Å²) in [6.07, 6.45) is 0.980. The molecule has 0 spiro atoms. The Kier molecular flexibility index (Phi) is 13.8. The summed E-state index contributed by atoms with van der Waals surface area (Å²) in [5.41, 5.74) is 5.63. The molecule has 0 aromatic rings. The van der Waals surface area contributed by atoms with Crippen molar-refractivity contribution >= 4 is 48.1 Å². The Balaban J connectivity index is 5.33. The van der Waals surface area contributed by atoms with E-state index in [2.05, 4.69) is 28.6 Å². The monoisotopic (exact) mass is 466 g/mol. The lowest BCUT2D eigenvalue weighted by Crippen LogP contribution is -2.60. The molecule has 0 bridgehead atoms. The normalized spacial score (nSPS) is 16.1. The molecule has 0 heterocycles. The SMILES string of the molecule is CSCCC(NC(=O)C(NC(=O)C(CC(C)C)NC(=O)C(N)CS)C(C)O)C(=O)O. The van der Waals surface area contributed by atoms with Gasteiger partial charge in [0.05, 0.1) is 12.1 Å². The lowest BCUT2D eigenvalue weighted by molar-refractivity contribution is -0.143. The Labute approximate surface area is 186 Å². The highest BCUT2D eigenvalue weighted by Crippen LogP contribution is 2.08. The Hall–Kier alpha value is -1.50. The maximum atomic E-state index is 12.7. The van der Waals surface area contributed by atoms with Gasteiger partial charge in [-0.1, -0.05) is 13.8 Å². The molecule has 0 aliphatic heterocycles. The predicted octanol–water partition coefficient (Wildman–Crippen LogP) is -1.04. The minimum atomic E-state index is -1.39. The number of carbonyl (C=O) groups excluding carboxylic acids is 3. The first kappa shape index (κ1) is 28.5. The summed E-state index contributed by atoms with van der Waals surface area (Å²) in [5.74, 6) is -2.64. The van der Waals surface area contributed by atoms with E-state index in [1.165, 1.54) is 18.7 Å². The van der Waals surface area contributed by atoms with Crippen molar-refractivity contribution in [2.45, 2.75) is 63.9 Å². The third-order valence-corrected chi connectivity index (χ3v) is 5.20. The second kappa shape index (κ2) is 14.5. The number of carboxylic acid groups (broad SMARTS) is 1. The molecule has 7 N–H and O–H groups in total. The molecule has 0 rings (SSSR count). The highest BCUT2D eigenvalue weighted by molar-refractivity contribution is 7.98. The topological polar surface area (TPSA) is 171 Å². The van der Waals surface area contributed by atoms with Crippen LogP contribution in [0.1, 0.15) is 33.6 Å². The number of aliphatic hydroxyl groups is 1. The average Bonchev–Trinajstić information content (AvgIpc) is 2.66. The van der Waals surface area contributed by atoms with E-state index in [-0.39, 0.29) is 24.5 Å². The zero-order valence-electron chi connectivity index (χ0n) is 17.8. The van der Waals surface area contributed by atoms with Gasteiger partial charge in [0, 0.05) is 5.75 Å². The van der Waals surface area contributed by atoms with Gasteiger partial charge in [-0.05, 0) is 37.7 Å². The van der Waals surface area contributed by atoms with Crippen molar-refractivity contribution in [3.63, 3.8) is 0 Å². The highest BCUT2D eigenvalue weighted by atomic mass is 32.2. The van der Waals surface area contributed by atoms with E-state index in [1.54, 1.807) is 0 Å². The van der Waals surface area contributed by atoms with E-state index in [0.29, 0.717) is 5.75 Å². The number of aliphatic hydroxyl groups excluding tert-OH is 1. The van der Waals surface area contributed by atoms with E-state index < -0.39 is 54.0 Å². The molecule has 0 aliphatic carbocycles. The predicted molar refractivity (Wildman–Crippen MR) is 119 cm³/mol. The van der Waals surface area contributed by atoms with E-state index in [0.717, 1.165) is 0 Å².